The molecule has 6 heteroatoms. The van der Waals surface area contributed by atoms with Crippen LogP contribution in [0.25, 0.3) is 0 Å². The van der Waals surface area contributed by atoms with E-state index in [0.717, 1.165) is 52.0 Å². The van der Waals surface area contributed by atoms with E-state index in [1.165, 1.54) is 0 Å². The van der Waals surface area contributed by atoms with Crippen LogP contribution in [-0.2, 0) is 4.79 Å². The van der Waals surface area contributed by atoms with Crippen LogP contribution in [0.4, 0.5) is 5.82 Å². The van der Waals surface area contributed by atoms with Crippen LogP contribution >= 0.6 is 0 Å². The fourth-order valence-corrected chi connectivity index (χ4v) is 3.92. The quantitative estimate of drug-likeness (QED) is 0.871. The first-order valence-electron chi connectivity index (χ1n) is 8.99. The number of carbonyl (C=O) groups excluding carboxylic acids is 1. The lowest BCUT2D eigenvalue weighted by Crippen LogP contribution is -2.59. The molecule has 0 aliphatic carbocycles. The highest BCUT2D eigenvalue weighted by molar-refractivity contribution is 5.93. The molecule has 0 bridgehead atoms. The van der Waals surface area contributed by atoms with E-state index in [0.29, 0.717) is 5.82 Å². The topological polar surface area (TPSA) is 60.5 Å². The molecule has 3 heterocycles. The number of hydrogen-bond acceptors (Lipinski definition) is 5. The van der Waals surface area contributed by atoms with Gasteiger partial charge in [0, 0.05) is 24.8 Å². The normalized spacial score (nSPS) is 23.6. The second kappa shape index (κ2) is 7.59. The predicted octanol–water partition coefficient (Wildman–Crippen LogP) is 1.17. The van der Waals surface area contributed by atoms with Crippen molar-refractivity contribution in [2.75, 3.05) is 45.1 Å². The number of aromatic nitrogens is 1. The number of carbonyl (C=O) groups is 1. The Bertz CT molecular complexity index is 544. The zero-order chi connectivity index (χ0) is 17.0. The van der Waals surface area contributed by atoms with Crippen LogP contribution in [0.15, 0.2) is 24.4 Å². The number of likely N-dealkylation sites (N-methyl/N-ethyl adjacent to an activating group) is 1. The van der Waals surface area contributed by atoms with Crippen molar-refractivity contribution in [1.82, 2.24) is 20.1 Å². The van der Waals surface area contributed by atoms with Crippen molar-refractivity contribution in [3.63, 3.8) is 0 Å². The van der Waals surface area contributed by atoms with E-state index in [2.05, 4.69) is 32.5 Å². The van der Waals surface area contributed by atoms with Crippen molar-refractivity contribution in [2.45, 2.75) is 37.8 Å². The smallest absolute Gasteiger partial charge is 0.242 e. The fourth-order valence-electron chi connectivity index (χ4n) is 3.92. The third kappa shape index (κ3) is 3.77. The maximum absolute atomic E-state index is 12.7. The Kier molecular flexibility index (Phi) is 5.48. The number of nitrogens with zero attached hydrogens (tertiary/aromatic N) is 3. The molecule has 24 heavy (non-hydrogen) atoms. The molecule has 2 saturated heterocycles. The Morgan fingerprint density at radius 1 is 1.33 bits per heavy atom. The lowest BCUT2D eigenvalue weighted by atomic mass is 9.86. The van der Waals surface area contributed by atoms with Crippen LogP contribution < -0.4 is 10.6 Å². The summed E-state index contributed by atoms with van der Waals surface area (Å²) in [4.78, 5) is 21.7. The summed E-state index contributed by atoms with van der Waals surface area (Å²) in [5.41, 5.74) is 0.196. The van der Waals surface area contributed by atoms with Gasteiger partial charge in [-0.25, -0.2) is 4.98 Å². The summed E-state index contributed by atoms with van der Waals surface area (Å²) in [5.74, 6) is 0.653. The van der Waals surface area contributed by atoms with Crippen molar-refractivity contribution < 1.29 is 4.79 Å². The molecule has 132 valence electrons. The molecule has 3 rings (SSSR count). The van der Waals surface area contributed by atoms with Crippen molar-refractivity contribution >= 4 is 11.7 Å². The number of nitrogens with one attached hydrogen (secondary N) is 2. The summed E-state index contributed by atoms with van der Waals surface area (Å²) < 4.78 is 0. The summed E-state index contributed by atoms with van der Waals surface area (Å²) in [6.07, 6.45) is 5.10. The summed E-state index contributed by atoms with van der Waals surface area (Å²) >= 11 is 0. The SMILES string of the molecule is C[C@H](C(=O)Nc1ccccn1)N1CCCN(C)C2(CCNCC2)C1. The van der Waals surface area contributed by atoms with Gasteiger partial charge in [0.05, 0.1) is 6.04 Å². The van der Waals surface area contributed by atoms with E-state index in [4.69, 9.17) is 0 Å². The molecule has 1 aromatic rings. The Hall–Kier alpha value is -1.50. The summed E-state index contributed by atoms with van der Waals surface area (Å²) in [7, 11) is 2.24. The number of rotatable bonds is 3. The maximum atomic E-state index is 12.7. The lowest BCUT2D eigenvalue weighted by Gasteiger charge is -2.46. The lowest BCUT2D eigenvalue weighted by molar-refractivity contribution is -0.121. The largest absolute Gasteiger partial charge is 0.317 e. The van der Waals surface area contributed by atoms with Gasteiger partial charge in [-0.2, -0.15) is 0 Å². The monoisotopic (exact) mass is 331 g/mol. The van der Waals surface area contributed by atoms with Crippen LogP contribution in [0.1, 0.15) is 26.2 Å². The van der Waals surface area contributed by atoms with Crippen molar-refractivity contribution in [1.29, 1.82) is 0 Å². The molecule has 2 aliphatic heterocycles. The highest BCUT2D eigenvalue weighted by Gasteiger charge is 2.40. The van der Waals surface area contributed by atoms with Gasteiger partial charge < -0.3 is 10.6 Å². The molecule has 0 saturated carbocycles. The van der Waals surface area contributed by atoms with Crippen LogP contribution in [-0.4, -0.2) is 72.0 Å². The first-order chi connectivity index (χ1) is 11.6. The highest BCUT2D eigenvalue weighted by atomic mass is 16.2. The number of pyridine rings is 1. The van der Waals surface area contributed by atoms with E-state index in [9.17, 15) is 4.79 Å². The third-order valence-electron chi connectivity index (χ3n) is 5.62. The third-order valence-corrected chi connectivity index (χ3v) is 5.62. The Morgan fingerprint density at radius 2 is 2.12 bits per heavy atom. The van der Waals surface area contributed by atoms with Crippen LogP contribution in [0.5, 0.6) is 0 Å². The molecule has 2 aliphatic rings. The molecule has 1 amide bonds. The van der Waals surface area contributed by atoms with Crippen LogP contribution in [0, 0.1) is 0 Å². The average molecular weight is 331 g/mol. The molecular weight excluding hydrogens is 302 g/mol. The van der Waals surface area contributed by atoms with Gasteiger partial charge in [-0.3, -0.25) is 14.6 Å². The van der Waals surface area contributed by atoms with Crippen LogP contribution in [0.3, 0.4) is 0 Å². The average Bonchev–Trinajstić information content (AvgIpc) is 2.76. The molecule has 1 atom stereocenters. The molecule has 0 aromatic carbocycles. The van der Waals surface area contributed by atoms with E-state index < -0.39 is 0 Å². The van der Waals surface area contributed by atoms with Crippen molar-refractivity contribution in [2.24, 2.45) is 0 Å². The zero-order valence-corrected chi connectivity index (χ0v) is 14.8. The molecule has 1 aromatic heterocycles. The minimum Gasteiger partial charge on any atom is -0.317 e. The minimum atomic E-state index is -0.148. The Balaban J connectivity index is 1.69. The number of amides is 1. The number of hydrogen-bond donors (Lipinski definition) is 2. The summed E-state index contributed by atoms with van der Waals surface area (Å²) in [5, 5.41) is 6.41. The molecule has 6 nitrogen and oxygen atoms in total. The van der Waals surface area contributed by atoms with Gasteiger partial charge in [0.1, 0.15) is 5.82 Å². The van der Waals surface area contributed by atoms with E-state index in [1.807, 2.05) is 25.1 Å². The summed E-state index contributed by atoms with van der Waals surface area (Å²) in [6.45, 7) is 7.17. The molecule has 2 fully saturated rings. The Labute approximate surface area is 144 Å². The molecule has 1 spiro atoms. The number of anilines is 1. The van der Waals surface area contributed by atoms with E-state index >= 15 is 0 Å². The van der Waals surface area contributed by atoms with Gasteiger partial charge in [0.15, 0.2) is 0 Å². The van der Waals surface area contributed by atoms with Crippen molar-refractivity contribution in [3.8, 4) is 0 Å². The standard InChI is InChI=1S/C18H29N5O/c1-15(17(24)21-16-6-3-4-9-20-16)23-13-5-12-22(2)18(14-23)7-10-19-11-8-18/h3-4,6,9,15,19H,5,7-8,10-14H2,1-2H3,(H,20,21,24)/t15-/m1/s1. The molecular formula is C18H29N5O. The first-order valence-corrected chi connectivity index (χ1v) is 8.99. The van der Waals surface area contributed by atoms with Crippen molar-refractivity contribution in [3.05, 3.63) is 24.4 Å². The predicted molar refractivity (Wildman–Crippen MR) is 96.0 cm³/mol. The Morgan fingerprint density at radius 3 is 2.83 bits per heavy atom. The zero-order valence-electron chi connectivity index (χ0n) is 14.8. The highest BCUT2D eigenvalue weighted by Crippen LogP contribution is 2.29. The summed E-state index contributed by atoms with van der Waals surface area (Å²) in [6, 6.07) is 5.42. The van der Waals surface area contributed by atoms with Crippen LogP contribution in [0.2, 0.25) is 0 Å². The fraction of sp³-hybridized carbons (Fsp3) is 0.667. The second-order valence-corrected chi connectivity index (χ2v) is 7.10. The minimum absolute atomic E-state index is 0.0299. The second-order valence-electron chi connectivity index (χ2n) is 7.10. The van der Waals surface area contributed by atoms with E-state index in [1.54, 1.807) is 6.20 Å². The molecule has 2 N–H and O–H groups in total. The molecule has 0 radical (unpaired) electrons. The van der Waals surface area contributed by atoms with Gasteiger partial charge in [-0.05, 0) is 65.0 Å². The first kappa shape index (κ1) is 17.3. The molecule has 0 unspecified atom stereocenters. The van der Waals surface area contributed by atoms with Gasteiger partial charge in [0.2, 0.25) is 5.91 Å². The van der Waals surface area contributed by atoms with Gasteiger partial charge in [0.25, 0.3) is 0 Å². The van der Waals surface area contributed by atoms with Gasteiger partial charge in [-0.1, -0.05) is 6.07 Å². The van der Waals surface area contributed by atoms with Gasteiger partial charge in [-0.15, -0.1) is 0 Å². The number of piperidine rings is 1. The maximum Gasteiger partial charge on any atom is 0.242 e. The van der Waals surface area contributed by atoms with Gasteiger partial charge >= 0.3 is 0 Å². The van der Waals surface area contributed by atoms with E-state index in [-0.39, 0.29) is 17.5 Å².